The highest BCUT2D eigenvalue weighted by Crippen LogP contribution is 2.32. The number of nitrogens with one attached hydrogen (secondary N) is 1. The van der Waals surface area contributed by atoms with Crippen LogP contribution in [-0.4, -0.2) is 17.7 Å². The van der Waals surface area contributed by atoms with E-state index in [-0.39, 0.29) is 12.2 Å². The Balaban J connectivity index is 2.18. The minimum absolute atomic E-state index is 0.108. The highest BCUT2D eigenvalue weighted by atomic mass is 79.9. The first-order valence-corrected chi connectivity index (χ1v) is 6.93. The molecule has 0 amide bonds. The van der Waals surface area contributed by atoms with Gasteiger partial charge in [0.15, 0.2) is 0 Å². The van der Waals surface area contributed by atoms with E-state index in [0.29, 0.717) is 12.8 Å². The number of ether oxygens (including phenoxy) is 1. The van der Waals surface area contributed by atoms with E-state index in [9.17, 15) is 5.26 Å². The van der Waals surface area contributed by atoms with Gasteiger partial charge in [-0.3, -0.25) is 0 Å². The molecule has 1 saturated heterocycles. The van der Waals surface area contributed by atoms with E-state index in [1.807, 2.05) is 38.1 Å². The van der Waals surface area contributed by atoms with E-state index in [4.69, 9.17) is 4.74 Å². The Morgan fingerprint density at radius 2 is 1.83 bits per heavy atom. The zero-order chi connectivity index (χ0) is 13.2. The van der Waals surface area contributed by atoms with Gasteiger partial charge in [-0.2, -0.15) is 5.26 Å². The topological polar surface area (TPSA) is 45.0 Å². The normalized spacial score (nSPS) is 31.7. The molecule has 0 aliphatic carbocycles. The SMILES string of the molecule is CC1CC(C#N)(Nc2ccc(Br)cc2)CC(C)O1. The van der Waals surface area contributed by atoms with Crippen LogP contribution < -0.4 is 5.32 Å². The fourth-order valence-corrected chi connectivity index (χ4v) is 2.85. The number of hydrogen-bond acceptors (Lipinski definition) is 3. The van der Waals surface area contributed by atoms with Crippen LogP contribution in [0, 0.1) is 11.3 Å². The van der Waals surface area contributed by atoms with Gasteiger partial charge in [-0.05, 0) is 38.1 Å². The molecule has 1 heterocycles. The molecule has 0 radical (unpaired) electrons. The molecule has 18 heavy (non-hydrogen) atoms. The van der Waals surface area contributed by atoms with E-state index < -0.39 is 5.54 Å². The van der Waals surface area contributed by atoms with Gasteiger partial charge in [0.2, 0.25) is 0 Å². The summed E-state index contributed by atoms with van der Waals surface area (Å²) in [6.45, 7) is 4.04. The Morgan fingerprint density at radius 1 is 1.28 bits per heavy atom. The average Bonchev–Trinajstić information content (AvgIpc) is 2.31. The van der Waals surface area contributed by atoms with Crippen molar-refractivity contribution in [2.24, 2.45) is 0 Å². The van der Waals surface area contributed by atoms with E-state index >= 15 is 0 Å². The zero-order valence-corrected chi connectivity index (χ0v) is 12.2. The molecule has 2 atom stereocenters. The third kappa shape index (κ3) is 3.04. The van der Waals surface area contributed by atoms with Gasteiger partial charge < -0.3 is 10.1 Å². The second kappa shape index (κ2) is 5.29. The first kappa shape index (κ1) is 13.4. The molecule has 96 valence electrons. The van der Waals surface area contributed by atoms with Crippen LogP contribution in [-0.2, 0) is 4.74 Å². The van der Waals surface area contributed by atoms with Crippen molar-refractivity contribution < 1.29 is 4.74 Å². The first-order valence-electron chi connectivity index (χ1n) is 6.13. The van der Waals surface area contributed by atoms with Crippen molar-refractivity contribution in [3.63, 3.8) is 0 Å². The predicted octanol–water partition coefficient (Wildman–Crippen LogP) is 3.71. The number of halogens is 1. The van der Waals surface area contributed by atoms with Crippen molar-refractivity contribution in [3.8, 4) is 6.07 Å². The Hall–Kier alpha value is -1.05. The summed E-state index contributed by atoms with van der Waals surface area (Å²) in [7, 11) is 0. The lowest BCUT2D eigenvalue weighted by Gasteiger charge is -2.39. The monoisotopic (exact) mass is 308 g/mol. The van der Waals surface area contributed by atoms with Gasteiger partial charge in [-0.15, -0.1) is 0 Å². The van der Waals surface area contributed by atoms with Gasteiger partial charge in [0.05, 0.1) is 18.3 Å². The Kier molecular flexibility index (Phi) is 3.94. The van der Waals surface area contributed by atoms with Crippen molar-refractivity contribution in [2.45, 2.75) is 44.4 Å². The zero-order valence-electron chi connectivity index (χ0n) is 10.6. The minimum Gasteiger partial charge on any atom is -0.375 e. The minimum atomic E-state index is -0.523. The van der Waals surface area contributed by atoms with Crippen LogP contribution in [0.5, 0.6) is 0 Å². The third-order valence-corrected chi connectivity index (χ3v) is 3.71. The summed E-state index contributed by atoms with van der Waals surface area (Å²) in [6.07, 6.45) is 1.64. The molecule has 0 bridgehead atoms. The second-order valence-corrected chi connectivity index (χ2v) is 5.91. The van der Waals surface area contributed by atoms with Gasteiger partial charge in [-0.1, -0.05) is 15.9 Å². The van der Waals surface area contributed by atoms with Gasteiger partial charge >= 0.3 is 0 Å². The maximum Gasteiger partial charge on any atom is 0.130 e. The Morgan fingerprint density at radius 3 is 2.33 bits per heavy atom. The quantitative estimate of drug-likeness (QED) is 0.906. The molecule has 1 aromatic carbocycles. The summed E-state index contributed by atoms with van der Waals surface area (Å²) in [6, 6.07) is 10.3. The van der Waals surface area contributed by atoms with Crippen LogP contribution in [0.3, 0.4) is 0 Å². The van der Waals surface area contributed by atoms with Crippen LogP contribution >= 0.6 is 15.9 Å². The molecule has 2 unspecified atom stereocenters. The molecule has 0 saturated carbocycles. The molecular weight excluding hydrogens is 292 g/mol. The summed E-state index contributed by atoms with van der Waals surface area (Å²) >= 11 is 3.41. The number of benzene rings is 1. The van der Waals surface area contributed by atoms with E-state index in [2.05, 4.69) is 27.3 Å². The maximum absolute atomic E-state index is 9.52. The molecule has 0 spiro atoms. The lowest BCUT2D eigenvalue weighted by atomic mass is 9.85. The van der Waals surface area contributed by atoms with Crippen LogP contribution in [0.1, 0.15) is 26.7 Å². The van der Waals surface area contributed by atoms with Crippen LogP contribution in [0.4, 0.5) is 5.69 Å². The van der Waals surface area contributed by atoms with Crippen molar-refractivity contribution >= 4 is 21.6 Å². The third-order valence-electron chi connectivity index (χ3n) is 3.18. The standard InChI is InChI=1S/C14H17BrN2O/c1-10-7-14(9-16,8-11(2)18-10)17-13-5-3-12(15)4-6-13/h3-6,10-11,17H,7-8H2,1-2H3. The van der Waals surface area contributed by atoms with Gasteiger partial charge in [0.25, 0.3) is 0 Å². The lowest BCUT2D eigenvalue weighted by Crippen LogP contribution is -2.47. The van der Waals surface area contributed by atoms with Crippen molar-refractivity contribution in [1.29, 1.82) is 5.26 Å². The highest BCUT2D eigenvalue weighted by molar-refractivity contribution is 9.10. The first-order chi connectivity index (χ1) is 8.53. The number of anilines is 1. The summed E-state index contributed by atoms with van der Waals surface area (Å²) in [5, 5.41) is 12.9. The molecule has 1 N–H and O–H groups in total. The lowest BCUT2D eigenvalue weighted by molar-refractivity contribution is -0.0451. The Bertz CT molecular complexity index is 442. The molecule has 0 aromatic heterocycles. The summed E-state index contributed by atoms with van der Waals surface area (Å²) in [5.41, 5.74) is 0.450. The fraction of sp³-hybridized carbons (Fsp3) is 0.500. The van der Waals surface area contributed by atoms with Crippen LogP contribution in [0.2, 0.25) is 0 Å². The average molecular weight is 309 g/mol. The number of nitriles is 1. The number of rotatable bonds is 2. The molecular formula is C14H17BrN2O. The fourth-order valence-electron chi connectivity index (χ4n) is 2.59. The second-order valence-electron chi connectivity index (χ2n) is 4.99. The van der Waals surface area contributed by atoms with E-state index in [1.54, 1.807) is 0 Å². The summed E-state index contributed by atoms with van der Waals surface area (Å²) in [5.74, 6) is 0. The van der Waals surface area contributed by atoms with Crippen LogP contribution in [0.25, 0.3) is 0 Å². The molecule has 1 aliphatic rings. The predicted molar refractivity (Wildman–Crippen MR) is 75.4 cm³/mol. The summed E-state index contributed by atoms with van der Waals surface area (Å²) in [4.78, 5) is 0. The molecule has 1 fully saturated rings. The molecule has 3 nitrogen and oxygen atoms in total. The maximum atomic E-state index is 9.52. The van der Waals surface area contributed by atoms with Crippen molar-refractivity contribution in [1.82, 2.24) is 0 Å². The van der Waals surface area contributed by atoms with Gasteiger partial charge in [0, 0.05) is 23.0 Å². The molecule has 4 heteroatoms. The molecule has 1 aliphatic heterocycles. The number of nitrogens with zero attached hydrogens (tertiary/aromatic N) is 1. The smallest absolute Gasteiger partial charge is 0.130 e. The largest absolute Gasteiger partial charge is 0.375 e. The Labute approximate surface area is 116 Å². The van der Waals surface area contributed by atoms with Crippen molar-refractivity contribution in [2.75, 3.05) is 5.32 Å². The van der Waals surface area contributed by atoms with E-state index in [1.165, 1.54) is 0 Å². The molecule has 1 aromatic rings. The highest BCUT2D eigenvalue weighted by Gasteiger charge is 2.38. The summed E-state index contributed by atoms with van der Waals surface area (Å²) < 4.78 is 6.74. The van der Waals surface area contributed by atoms with E-state index in [0.717, 1.165) is 10.2 Å². The molecule has 2 rings (SSSR count). The van der Waals surface area contributed by atoms with Crippen LogP contribution in [0.15, 0.2) is 28.7 Å². The van der Waals surface area contributed by atoms with Gasteiger partial charge in [-0.25, -0.2) is 0 Å². The van der Waals surface area contributed by atoms with Gasteiger partial charge in [0.1, 0.15) is 5.54 Å². The van der Waals surface area contributed by atoms with Crippen molar-refractivity contribution in [3.05, 3.63) is 28.7 Å². The number of hydrogen-bond donors (Lipinski definition) is 1.